The highest BCUT2D eigenvalue weighted by Crippen LogP contribution is 2.20. The zero-order valence-electron chi connectivity index (χ0n) is 7.19. The second-order valence-electron chi connectivity index (χ2n) is 2.97. The number of hydrogen-bond donors (Lipinski definition) is 1. The smallest absolute Gasteiger partial charge is 0.129 e. The van der Waals surface area contributed by atoms with Crippen LogP contribution in [0.25, 0.3) is 10.9 Å². The third-order valence-electron chi connectivity index (χ3n) is 2.05. The van der Waals surface area contributed by atoms with Crippen LogP contribution in [-0.2, 0) is 0 Å². The minimum Gasteiger partial charge on any atom is -0.355 e. The second-order valence-corrected chi connectivity index (χ2v) is 2.97. The molecule has 1 unspecified atom stereocenters. The summed E-state index contributed by atoms with van der Waals surface area (Å²) >= 11 is 0. The van der Waals surface area contributed by atoms with Gasteiger partial charge in [0.05, 0.1) is 11.7 Å². The van der Waals surface area contributed by atoms with Crippen molar-refractivity contribution in [2.45, 2.75) is 13.0 Å². The summed E-state index contributed by atoms with van der Waals surface area (Å²) in [5.74, 6) is 0. The molecule has 0 amide bonds. The molecule has 2 heterocycles. The quantitative estimate of drug-likeness (QED) is 0.712. The van der Waals surface area contributed by atoms with Crippen molar-refractivity contribution in [2.75, 3.05) is 0 Å². The fourth-order valence-corrected chi connectivity index (χ4v) is 1.28. The molecule has 4 nitrogen and oxygen atoms in total. The summed E-state index contributed by atoms with van der Waals surface area (Å²) in [6.45, 7) is 1.76. The number of aromatic amines is 1. The van der Waals surface area contributed by atoms with E-state index in [1.165, 1.54) is 0 Å². The normalized spacial score (nSPS) is 13.0. The molecule has 4 heteroatoms. The average molecular weight is 175 g/mol. The molecule has 1 N–H and O–H groups in total. The number of pyridine rings is 1. The van der Waals surface area contributed by atoms with Crippen molar-refractivity contribution in [1.82, 2.24) is 9.97 Å². The van der Waals surface area contributed by atoms with Gasteiger partial charge in [-0.1, -0.05) is 5.18 Å². The topological polar surface area (TPSA) is 58.1 Å². The molecule has 2 rings (SSSR count). The fraction of sp³-hybridized carbons (Fsp3) is 0.222. The summed E-state index contributed by atoms with van der Waals surface area (Å²) in [6.07, 6.45) is 3.45. The van der Waals surface area contributed by atoms with Crippen molar-refractivity contribution >= 4 is 10.9 Å². The van der Waals surface area contributed by atoms with Gasteiger partial charge in [-0.25, -0.2) is 0 Å². The highest BCUT2D eigenvalue weighted by atomic mass is 16.3. The van der Waals surface area contributed by atoms with E-state index in [4.69, 9.17) is 0 Å². The minimum absolute atomic E-state index is 0.326. The maximum absolute atomic E-state index is 10.3. The molecule has 0 bridgehead atoms. The van der Waals surface area contributed by atoms with Crippen LogP contribution in [-0.4, -0.2) is 9.97 Å². The molecule has 0 aliphatic carbocycles. The first-order chi connectivity index (χ1) is 6.31. The number of aromatic nitrogens is 2. The van der Waals surface area contributed by atoms with Crippen molar-refractivity contribution in [2.24, 2.45) is 5.18 Å². The lowest BCUT2D eigenvalue weighted by molar-refractivity contribution is 0.786. The molecular formula is C9H9N3O. The molecule has 0 saturated heterocycles. The van der Waals surface area contributed by atoms with Crippen LogP contribution in [0.5, 0.6) is 0 Å². The lowest BCUT2D eigenvalue weighted by Crippen LogP contribution is -1.86. The lowest BCUT2D eigenvalue weighted by atomic mass is 10.2. The molecule has 0 aliphatic heterocycles. The number of hydrogen-bond acceptors (Lipinski definition) is 3. The van der Waals surface area contributed by atoms with Crippen molar-refractivity contribution < 1.29 is 0 Å². The fourth-order valence-electron chi connectivity index (χ4n) is 1.28. The zero-order valence-corrected chi connectivity index (χ0v) is 7.19. The summed E-state index contributed by atoms with van der Waals surface area (Å²) < 4.78 is 0. The lowest BCUT2D eigenvalue weighted by Gasteiger charge is -1.95. The van der Waals surface area contributed by atoms with Crippen LogP contribution < -0.4 is 0 Å². The van der Waals surface area contributed by atoms with Gasteiger partial charge >= 0.3 is 0 Å². The van der Waals surface area contributed by atoms with Gasteiger partial charge in [0.25, 0.3) is 0 Å². The Bertz CT molecular complexity index is 402. The molecule has 66 valence electrons. The average Bonchev–Trinajstić information content (AvgIpc) is 2.59. The van der Waals surface area contributed by atoms with Gasteiger partial charge in [-0.2, -0.15) is 4.91 Å². The van der Waals surface area contributed by atoms with Crippen LogP contribution in [0.3, 0.4) is 0 Å². The summed E-state index contributed by atoms with van der Waals surface area (Å²) in [5, 5.41) is 4.01. The van der Waals surface area contributed by atoms with Crippen molar-refractivity contribution in [1.29, 1.82) is 0 Å². The monoisotopic (exact) mass is 175 g/mol. The van der Waals surface area contributed by atoms with Gasteiger partial charge in [0.15, 0.2) is 0 Å². The van der Waals surface area contributed by atoms with Gasteiger partial charge in [0, 0.05) is 17.3 Å². The van der Waals surface area contributed by atoms with E-state index in [-0.39, 0.29) is 6.04 Å². The zero-order chi connectivity index (χ0) is 9.26. The first-order valence-electron chi connectivity index (χ1n) is 4.06. The van der Waals surface area contributed by atoms with Gasteiger partial charge < -0.3 is 4.98 Å². The van der Waals surface area contributed by atoms with Crippen molar-refractivity contribution in [3.63, 3.8) is 0 Å². The Morgan fingerprint density at radius 1 is 1.62 bits per heavy atom. The van der Waals surface area contributed by atoms with Gasteiger partial charge in [0.2, 0.25) is 0 Å². The Morgan fingerprint density at radius 2 is 2.46 bits per heavy atom. The second kappa shape index (κ2) is 2.97. The van der Waals surface area contributed by atoms with Gasteiger partial charge in [-0.05, 0) is 19.1 Å². The molecule has 0 aliphatic rings. The molecule has 2 aromatic heterocycles. The van der Waals surface area contributed by atoms with Crippen LogP contribution in [0.1, 0.15) is 18.7 Å². The van der Waals surface area contributed by atoms with Crippen LogP contribution in [0, 0.1) is 4.91 Å². The number of fused-ring (bicyclic) bond motifs is 1. The van der Waals surface area contributed by atoms with E-state index < -0.39 is 0 Å². The molecular weight excluding hydrogens is 166 g/mol. The summed E-state index contributed by atoms with van der Waals surface area (Å²) in [4.78, 5) is 17.4. The molecule has 0 radical (unpaired) electrons. The summed E-state index contributed by atoms with van der Waals surface area (Å²) in [6, 6.07) is 3.49. The number of H-pyrrole nitrogens is 1. The Hall–Kier alpha value is -1.71. The standard InChI is InChI=1S/C9H9N3O/c1-6(12-13)8-4-7-2-3-10-5-9(7)11-8/h2-6,11H,1H3. The third-order valence-corrected chi connectivity index (χ3v) is 2.05. The molecule has 0 saturated carbocycles. The maximum atomic E-state index is 10.3. The summed E-state index contributed by atoms with van der Waals surface area (Å²) in [7, 11) is 0. The first kappa shape index (κ1) is 7.91. The number of rotatable bonds is 2. The van der Waals surface area contributed by atoms with E-state index in [9.17, 15) is 4.91 Å². The Balaban J connectivity index is 2.55. The number of nitrogens with zero attached hydrogens (tertiary/aromatic N) is 2. The predicted octanol–water partition coefficient (Wildman–Crippen LogP) is 2.39. The van der Waals surface area contributed by atoms with Crippen molar-refractivity contribution in [3.8, 4) is 0 Å². The summed E-state index contributed by atoms with van der Waals surface area (Å²) in [5.41, 5.74) is 1.77. The third kappa shape index (κ3) is 1.30. The Labute approximate surface area is 75.0 Å². The van der Waals surface area contributed by atoms with Gasteiger partial charge in [0.1, 0.15) is 6.04 Å². The van der Waals surface area contributed by atoms with E-state index in [0.717, 1.165) is 16.6 Å². The van der Waals surface area contributed by atoms with Crippen LogP contribution in [0.2, 0.25) is 0 Å². The van der Waals surface area contributed by atoms with E-state index in [2.05, 4.69) is 15.1 Å². The highest BCUT2D eigenvalue weighted by molar-refractivity contribution is 5.79. The molecule has 2 aromatic rings. The molecule has 1 atom stereocenters. The van der Waals surface area contributed by atoms with Crippen LogP contribution in [0.4, 0.5) is 0 Å². The van der Waals surface area contributed by atoms with Gasteiger partial charge in [-0.15, -0.1) is 0 Å². The van der Waals surface area contributed by atoms with E-state index in [0.29, 0.717) is 0 Å². The van der Waals surface area contributed by atoms with E-state index >= 15 is 0 Å². The van der Waals surface area contributed by atoms with E-state index in [1.807, 2.05) is 12.1 Å². The van der Waals surface area contributed by atoms with Gasteiger partial charge in [-0.3, -0.25) is 4.98 Å². The maximum Gasteiger partial charge on any atom is 0.129 e. The van der Waals surface area contributed by atoms with Crippen molar-refractivity contribution in [3.05, 3.63) is 35.1 Å². The SMILES string of the molecule is CC(N=O)c1cc2ccncc2[nH]1. The molecule has 13 heavy (non-hydrogen) atoms. The van der Waals surface area contributed by atoms with E-state index in [1.54, 1.807) is 19.3 Å². The number of nitroso groups, excluding NO2 is 1. The largest absolute Gasteiger partial charge is 0.355 e. The molecule has 0 aromatic carbocycles. The predicted molar refractivity (Wildman–Crippen MR) is 50.3 cm³/mol. The van der Waals surface area contributed by atoms with Crippen LogP contribution in [0.15, 0.2) is 29.7 Å². The minimum atomic E-state index is -0.326. The van der Waals surface area contributed by atoms with Crippen LogP contribution >= 0.6 is 0 Å². The molecule has 0 spiro atoms. The highest BCUT2D eigenvalue weighted by Gasteiger charge is 2.07. The molecule has 0 fully saturated rings. The Morgan fingerprint density at radius 3 is 3.15 bits per heavy atom. The number of nitrogens with one attached hydrogen (secondary N) is 1. The first-order valence-corrected chi connectivity index (χ1v) is 4.06. The Kier molecular flexibility index (Phi) is 1.81.